The van der Waals surface area contributed by atoms with Gasteiger partial charge in [-0.2, -0.15) is 0 Å². The number of likely N-dealkylation sites (N-methyl/N-ethyl adjacent to an activating group) is 1. The Balaban J connectivity index is 1.73. The number of amides is 2. The average molecular weight is 408 g/mol. The third-order valence-electron chi connectivity index (χ3n) is 4.13. The molecule has 0 bridgehead atoms. The SMILES string of the molecule is CCN1C(=O)C(CC(=O)Nc2ccc(Cl)cc2)N(Cc2cccs2)C1=S. The standard InChI is InChI=1S/C18H18ClN3O2S2/c1-2-21-17(24)15(22(18(21)25)11-14-4-3-9-26-14)10-16(23)20-13-7-5-12(19)6-8-13/h3-9,15H,2,10-11H2,1H3,(H,20,23). The lowest BCUT2D eigenvalue weighted by Gasteiger charge is -2.23. The van der Waals surface area contributed by atoms with E-state index in [4.69, 9.17) is 23.8 Å². The minimum absolute atomic E-state index is 0.0451. The van der Waals surface area contributed by atoms with Crippen LogP contribution >= 0.6 is 35.2 Å². The van der Waals surface area contributed by atoms with Crippen LogP contribution in [0.5, 0.6) is 0 Å². The van der Waals surface area contributed by atoms with Gasteiger partial charge in [0.1, 0.15) is 6.04 Å². The van der Waals surface area contributed by atoms with E-state index in [2.05, 4.69) is 5.32 Å². The molecular formula is C18H18ClN3O2S2. The average Bonchev–Trinajstić information content (AvgIpc) is 3.20. The molecule has 1 aromatic heterocycles. The van der Waals surface area contributed by atoms with Crippen LogP contribution in [0.15, 0.2) is 41.8 Å². The summed E-state index contributed by atoms with van der Waals surface area (Å²) < 4.78 is 0. The quantitative estimate of drug-likeness (QED) is 0.741. The van der Waals surface area contributed by atoms with Crippen LogP contribution in [-0.4, -0.2) is 39.3 Å². The Bertz CT molecular complexity index is 808. The van der Waals surface area contributed by atoms with Crippen molar-refractivity contribution in [3.05, 3.63) is 51.7 Å². The molecule has 0 aliphatic carbocycles. The second-order valence-electron chi connectivity index (χ2n) is 5.85. The van der Waals surface area contributed by atoms with Crippen LogP contribution < -0.4 is 5.32 Å². The van der Waals surface area contributed by atoms with Crippen molar-refractivity contribution in [2.45, 2.75) is 25.9 Å². The second kappa shape index (κ2) is 8.16. The molecule has 8 heteroatoms. The molecule has 1 atom stereocenters. The summed E-state index contributed by atoms with van der Waals surface area (Å²) in [5, 5.41) is 5.87. The van der Waals surface area contributed by atoms with Crippen LogP contribution in [0.3, 0.4) is 0 Å². The second-order valence-corrected chi connectivity index (χ2v) is 7.68. The third kappa shape index (κ3) is 4.06. The summed E-state index contributed by atoms with van der Waals surface area (Å²) in [5.41, 5.74) is 0.643. The Hall–Kier alpha value is -1.96. The summed E-state index contributed by atoms with van der Waals surface area (Å²) >= 11 is 12.9. The summed E-state index contributed by atoms with van der Waals surface area (Å²) in [4.78, 5) is 29.7. The number of nitrogens with zero attached hydrogens (tertiary/aromatic N) is 2. The van der Waals surface area contributed by atoms with Crippen molar-refractivity contribution in [3.63, 3.8) is 0 Å². The lowest BCUT2D eigenvalue weighted by molar-refractivity contribution is -0.130. The number of carbonyl (C=O) groups excluding carboxylic acids is 2. The Morgan fingerprint density at radius 2 is 2.04 bits per heavy atom. The van der Waals surface area contributed by atoms with Crippen LogP contribution in [-0.2, 0) is 16.1 Å². The maximum atomic E-state index is 12.7. The van der Waals surface area contributed by atoms with E-state index >= 15 is 0 Å². The molecule has 1 aliphatic heterocycles. The van der Waals surface area contributed by atoms with Crippen LogP contribution in [0, 0.1) is 0 Å². The minimum Gasteiger partial charge on any atom is -0.331 e. The van der Waals surface area contributed by atoms with Gasteiger partial charge < -0.3 is 10.2 Å². The zero-order valence-electron chi connectivity index (χ0n) is 14.1. The molecule has 0 saturated carbocycles. The number of rotatable bonds is 6. The molecule has 2 amide bonds. The number of nitrogens with one attached hydrogen (secondary N) is 1. The van der Waals surface area contributed by atoms with Gasteiger partial charge in [-0.25, -0.2) is 0 Å². The highest BCUT2D eigenvalue weighted by atomic mass is 35.5. The van der Waals surface area contributed by atoms with Gasteiger partial charge in [-0.3, -0.25) is 14.5 Å². The molecule has 3 rings (SSSR count). The summed E-state index contributed by atoms with van der Waals surface area (Å²) in [6.45, 7) is 2.90. The molecule has 2 heterocycles. The molecule has 1 N–H and O–H groups in total. The van der Waals surface area contributed by atoms with Gasteiger partial charge in [0, 0.05) is 22.1 Å². The Kier molecular flexibility index (Phi) is 5.90. The van der Waals surface area contributed by atoms with E-state index in [1.165, 1.54) is 0 Å². The molecule has 26 heavy (non-hydrogen) atoms. The molecule has 0 spiro atoms. The smallest absolute Gasteiger partial charge is 0.252 e. The van der Waals surface area contributed by atoms with Gasteiger partial charge in [0.25, 0.3) is 5.91 Å². The molecule has 1 saturated heterocycles. The van der Waals surface area contributed by atoms with Crippen molar-refractivity contribution in [1.29, 1.82) is 0 Å². The normalized spacial score (nSPS) is 17.1. The van der Waals surface area contributed by atoms with Crippen LogP contribution in [0.1, 0.15) is 18.2 Å². The van der Waals surface area contributed by atoms with E-state index in [0.717, 1.165) is 4.88 Å². The van der Waals surface area contributed by atoms with Gasteiger partial charge in [-0.15, -0.1) is 11.3 Å². The lowest BCUT2D eigenvalue weighted by atomic mass is 10.1. The maximum Gasteiger partial charge on any atom is 0.252 e. The zero-order valence-corrected chi connectivity index (χ0v) is 16.5. The molecule has 1 unspecified atom stereocenters. The molecule has 1 aliphatic rings. The Morgan fingerprint density at radius 1 is 1.31 bits per heavy atom. The number of hydrogen-bond acceptors (Lipinski definition) is 4. The molecule has 2 aromatic rings. The van der Waals surface area contributed by atoms with Gasteiger partial charge in [-0.1, -0.05) is 17.7 Å². The number of anilines is 1. The molecule has 0 radical (unpaired) electrons. The van der Waals surface area contributed by atoms with Crippen LogP contribution in [0.2, 0.25) is 5.02 Å². The Labute approximate surface area is 166 Å². The van der Waals surface area contributed by atoms with E-state index in [1.54, 1.807) is 40.5 Å². The molecule has 1 aromatic carbocycles. The first-order valence-electron chi connectivity index (χ1n) is 8.19. The first kappa shape index (κ1) is 18.8. The lowest BCUT2D eigenvalue weighted by Crippen LogP contribution is -2.37. The van der Waals surface area contributed by atoms with Crippen molar-refractivity contribution >= 4 is 57.8 Å². The maximum absolute atomic E-state index is 12.7. The highest BCUT2D eigenvalue weighted by Crippen LogP contribution is 2.25. The fourth-order valence-corrected chi connectivity index (χ4v) is 4.09. The van der Waals surface area contributed by atoms with Gasteiger partial charge in [0.05, 0.1) is 13.0 Å². The largest absolute Gasteiger partial charge is 0.331 e. The van der Waals surface area contributed by atoms with E-state index in [0.29, 0.717) is 28.9 Å². The zero-order chi connectivity index (χ0) is 18.7. The molecular weight excluding hydrogens is 390 g/mol. The number of thiocarbonyl (C=S) groups is 1. The van der Waals surface area contributed by atoms with Gasteiger partial charge in [0.2, 0.25) is 5.91 Å². The van der Waals surface area contributed by atoms with Crippen molar-refractivity contribution in [2.75, 3.05) is 11.9 Å². The van der Waals surface area contributed by atoms with Gasteiger partial charge >= 0.3 is 0 Å². The predicted octanol–water partition coefficient (Wildman–Crippen LogP) is 3.75. The van der Waals surface area contributed by atoms with E-state index in [9.17, 15) is 9.59 Å². The molecule has 136 valence electrons. The molecule has 1 fully saturated rings. The number of hydrogen-bond donors (Lipinski definition) is 1. The number of benzene rings is 1. The highest BCUT2D eigenvalue weighted by molar-refractivity contribution is 7.80. The fourth-order valence-electron chi connectivity index (χ4n) is 2.85. The topological polar surface area (TPSA) is 52.7 Å². The van der Waals surface area contributed by atoms with E-state index < -0.39 is 6.04 Å². The van der Waals surface area contributed by atoms with E-state index in [1.807, 2.05) is 29.3 Å². The van der Waals surface area contributed by atoms with Gasteiger partial charge in [0.15, 0.2) is 5.11 Å². The number of thiophene rings is 1. The van der Waals surface area contributed by atoms with Crippen LogP contribution in [0.25, 0.3) is 0 Å². The first-order valence-corrected chi connectivity index (χ1v) is 9.86. The summed E-state index contributed by atoms with van der Waals surface area (Å²) in [5.74, 6) is -0.358. The number of carbonyl (C=O) groups is 2. The summed E-state index contributed by atoms with van der Waals surface area (Å²) in [6, 6.07) is 10.2. The van der Waals surface area contributed by atoms with Gasteiger partial charge in [-0.05, 0) is 54.9 Å². The first-order chi connectivity index (χ1) is 12.5. The third-order valence-corrected chi connectivity index (χ3v) is 5.70. The van der Waals surface area contributed by atoms with E-state index in [-0.39, 0.29) is 18.2 Å². The monoisotopic (exact) mass is 407 g/mol. The summed E-state index contributed by atoms with van der Waals surface area (Å²) in [6.07, 6.45) is 0.0451. The van der Waals surface area contributed by atoms with Crippen LogP contribution in [0.4, 0.5) is 5.69 Å². The van der Waals surface area contributed by atoms with Crippen molar-refractivity contribution < 1.29 is 9.59 Å². The highest BCUT2D eigenvalue weighted by Gasteiger charge is 2.42. The molecule has 5 nitrogen and oxygen atoms in total. The Morgan fingerprint density at radius 3 is 2.65 bits per heavy atom. The minimum atomic E-state index is -0.586. The number of halogens is 1. The van der Waals surface area contributed by atoms with Crippen molar-refractivity contribution in [3.8, 4) is 0 Å². The predicted molar refractivity (Wildman–Crippen MR) is 108 cm³/mol. The summed E-state index contributed by atoms with van der Waals surface area (Å²) in [7, 11) is 0. The fraction of sp³-hybridized carbons (Fsp3) is 0.278. The van der Waals surface area contributed by atoms with Crippen molar-refractivity contribution in [1.82, 2.24) is 9.80 Å². The van der Waals surface area contributed by atoms with Crippen molar-refractivity contribution in [2.24, 2.45) is 0 Å².